The Labute approximate surface area is 151 Å². The van der Waals surface area contributed by atoms with E-state index in [0.717, 1.165) is 37.3 Å². The van der Waals surface area contributed by atoms with Gasteiger partial charge in [0.1, 0.15) is 17.4 Å². The highest BCUT2D eigenvalue weighted by molar-refractivity contribution is 5.93. The molecular weight excluding hydrogens is 336 g/mol. The molecule has 1 amide bonds. The fraction of sp³-hybridized carbons (Fsp3) is 0.625. The van der Waals surface area contributed by atoms with Gasteiger partial charge in [-0.1, -0.05) is 0 Å². The number of amides is 1. The third kappa shape index (κ3) is 3.86. The summed E-state index contributed by atoms with van der Waals surface area (Å²) in [5.41, 5.74) is 6.92. The molecular formula is C16H26N8O2. The first-order valence-electron chi connectivity index (χ1n) is 8.81. The molecule has 1 atom stereocenters. The number of aromatic nitrogens is 4. The quantitative estimate of drug-likeness (QED) is 0.541. The summed E-state index contributed by atoms with van der Waals surface area (Å²) in [4.78, 5) is 22.0. The summed E-state index contributed by atoms with van der Waals surface area (Å²) in [6.45, 7) is 3.58. The van der Waals surface area contributed by atoms with Gasteiger partial charge in [0.2, 0.25) is 5.91 Å². The fourth-order valence-corrected chi connectivity index (χ4v) is 3.16. The van der Waals surface area contributed by atoms with Crippen molar-refractivity contribution in [2.24, 2.45) is 12.8 Å². The molecule has 0 spiro atoms. The zero-order valence-electron chi connectivity index (χ0n) is 15.1. The van der Waals surface area contributed by atoms with Crippen LogP contribution in [0.15, 0.2) is 6.33 Å². The van der Waals surface area contributed by atoms with Crippen molar-refractivity contribution in [2.75, 3.05) is 36.8 Å². The van der Waals surface area contributed by atoms with Crippen molar-refractivity contribution in [3.63, 3.8) is 0 Å². The highest BCUT2D eigenvalue weighted by Crippen LogP contribution is 2.26. The summed E-state index contributed by atoms with van der Waals surface area (Å²) in [6.07, 6.45) is 2.60. The number of likely N-dealkylation sites (tertiary alicyclic amines) is 1. The Morgan fingerprint density at radius 1 is 1.38 bits per heavy atom. The van der Waals surface area contributed by atoms with Crippen LogP contribution in [0.25, 0.3) is 11.0 Å². The van der Waals surface area contributed by atoms with Crippen LogP contribution in [0.5, 0.6) is 0 Å². The lowest BCUT2D eigenvalue weighted by Crippen LogP contribution is -2.41. The number of rotatable bonds is 6. The Kier molecular flexibility index (Phi) is 5.52. The number of aryl methyl sites for hydroxylation is 1. The largest absolute Gasteiger partial charge is 0.390 e. The predicted octanol–water partition coefficient (Wildman–Crippen LogP) is -0.482. The lowest BCUT2D eigenvalue weighted by atomic mass is 10.1. The van der Waals surface area contributed by atoms with E-state index in [1.165, 1.54) is 6.33 Å². The summed E-state index contributed by atoms with van der Waals surface area (Å²) in [5.74, 6) is 1.43. The van der Waals surface area contributed by atoms with Gasteiger partial charge in [0.25, 0.3) is 0 Å². The van der Waals surface area contributed by atoms with Crippen LogP contribution in [0, 0.1) is 0 Å². The first kappa shape index (κ1) is 18.3. The molecule has 1 fully saturated rings. The van der Waals surface area contributed by atoms with Crippen molar-refractivity contribution in [1.29, 1.82) is 0 Å². The second kappa shape index (κ2) is 7.83. The van der Waals surface area contributed by atoms with Gasteiger partial charge in [-0.2, -0.15) is 5.10 Å². The summed E-state index contributed by atoms with van der Waals surface area (Å²) >= 11 is 0. The van der Waals surface area contributed by atoms with Gasteiger partial charge in [-0.25, -0.2) is 9.97 Å². The number of fused-ring (bicyclic) bond motifs is 1. The molecule has 0 aromatic carbocycles. The van der Waals surface area contributed by atoms with Crippen molar-refractivity contribution in [3.05, 3.63) is 6.33 Å². The molecule has 1 aliphatic heterocycles. The first-order chi connectivity index (χ1) is 12.5. The molecule has 0 aliphatic carbocycles. The number of carbonyl (C=O) groups is 1. The van der Waals surface area contributed by atoms with Crippen LogP contribution in [-0.2, 0) is 11.8 Å². The van der Waals surface area contributed by atoms with Crippen LogP contribution >= 0.6 is 0 Å². The normalized spacial score (nSPS) is 16.7. The molecule has 10 nitrogen and oxygen atoms in total. The maximum atomic E-state index is 11.5. The molecule has 5 N–H and O–H groups in total. The van der Waals surface area contributed by atoms with Gasteiger partial charge >= 0.3 is 0 Å². The number of hydrogen-bond donors (Lipinski definition) is 4. The zero-order valence-corrected chi connectivity index (χ0v) is 15.1. The summed E-state index contributed by atoms with van der Waals surface area (Å²) in [6, 6.07) is 0.245. The summed E-state index contributed by atoms with van der Waals surface area (Å²) in [5, 5.41) is 20.6. The molecule has 3 rings (SSSR count). The molecule has 2 aromatic heterocycles. The van der Waals surface area contributed by atoms with Crippen LogP contribution in [0.4, 0.5) is 11.6 Å². The highest BCUT2D eigenvalue weighted by atomic mass is 16.3. The maximum Gasteiger partial charge on any atom is 0.219 e. The molecule has 10 heteroatoms. The zero-order chi connectivity index (χ0) is 18.7. The topological polar surface area (TPSA) is 134 Å². The van der Waals surface area contributed by atoms with E-state index in [2.05, 4.69) is 25.7 Å². The van der Waals surface area contributed by atoms with Gasteiger partial charge in [-0.3, -0.25) is 9.48 Å². The van der Waals surface area contributed by atoms with E-state index in [4.69, 9.17) is 5.73 Å². The monoisotopic (exact) mass is 362 g/mol. The van der Waals surface area contributed by atoms with E-state index in [1.807, 2.05) is 11.9 Å². The van der Waals surface area contributed by atoms with Crippen molar-refractivity contribution >= 4 is 28.6 Å². The molecule has 0 unspecified atom stereocenters. The minimum absolute atomic E-state index is 0.120. The minimum atomic E-state index is -0.641. The van der Waals surface area contributed by atoms with Crippen LogP contribution < -0.4 is 16.4 Å². The average Bonchev–Trinajstić information content (AvgIpc) is 2.97. The molecule has 142 valence electrons. The molecule has 0 radical (unpaired) electrons. The van der Waals surface area contributed by atoms with Gasteiger partial charge in [-0.05, 0) is 12.8 Å². The third-order valence-electron chi connectivity index (χ3n) is 4.68. The predicted molar refractivity (Wildman–Crippen MR) is 98.8 cm³/mol. The van der Waals surface area contributed by atoms with Gasteiger partial charge in [0.05, 0.1) is 6.10 Å². The Balaban J connectivity index is 1.75. The van der Waals surface area contributed by atoms with Gasteiger partial charge in [-0.15, -0.1) is 0 Å². The molecule has 1 saturated heterocycles. The molecule has 26 heavy (non-hydrogen) atoms. The number of nitrogens with one attached hydrogen (secondary N) is 2. The van der Waals surface area contributed by atoms with Gasteiger partial charge < -0.3 is 26.4 Å². The van der Waals surface area contributed by atoms with Gasteiger partial charge in [0, 0.05) is 46.2 Å². The SMILES string of the molecule is CC(=O)N1CCC(Nc2ncnc3c(NC[C@H](O)CN)nn(C)c23)CC1. The number of piperidine rings is 1. The third-order valence-corrected chi connectivity index (χ3v) is 4.68. The molecule has 0 bridgehead atoms. The molecule has 0 saturated carbocycles. The van der Waals surface area contributed by atoms with Crippen molar-refractivity contribution in [1.82, 2.24) is 24.6 Å². The Hall–Kier alpha value is -2.46. The van der Waals surface area contributed by atoms with E-state index in [-0.39, 0.29) is 18.5 Å². The lowest BCUT2D eigenvalue weighted by Gasteiger charge is -2.32. The van der Waals surface area contributed by atoms with E-state index < -0.39 is 6.10 Å². The van der Waals surface area contributed by atoms with Crippen LogP contribution in [0.3, 0.4) is 0 Å². The van der Waals surface area contributed by atoms with Crippen molar-refractivity contribution < 1.29 is 9.90 Å². The lowest BCUT2D eigenvalue weighted by molar-refractivity contribution is -0.129. The van der Waals surface area contributed by atoms with Crippen molar-refractivity contribution in [3.8, 4) is 0 Å². The Morgan fingerprint density at radius 3 is 2.77 bits per heavy atom. The molecule has 2 aromatic rings. The van der Waals surface area contributed by atoms with Crippen LogP contribution in [0.1, 0.15) is 19.8 Å². The van der Waals surface area contributed by atoms with Gasteiger partial charge in [0.15, 0.2) is 11.6 Å². The second-order valence-corrected chi connectivity index (χ2v) is 6.59. The van der Waals surface area contributed by atoms with Crippen LogP contribution in [0.2, 0.25) is 0 Å². The Bertz CT molecular complexity index is 769. The minimum Gasteiger partial charge on any atom is -0.390 e. The summed E-state index contributed by atoms with van der Waals surface area (Å²) < 4.78 is 1.72. The van der Waals surface area contributed by atoms with E-state index in [9.17, 15) is 9.90 Å². The average molecular weight is 362 g/mol. The fourth-order valence-electron chi connectivity index (χ4n) is 3.16. The first-order valence-corrected chi connectivity index (χ1v) is 8.81. The summed E-state index contributed by atoms with van der Waals surface area (Å²) in [7, 11) is 1.83. The molecule has 1 aliphatic rings. The van der Waals surface area contributed by atoms with Crippen LogP contribution in [-0.4, -0.2) is 74.0 Å². The number of aliphatic hydroxyl groups excluding tert-OH is 1. The standard InChI is InChI=1S/C16H26N8O2/c1-10(25)24-5-3-11(4-6-24)21-16-14-13(19-9-20-16)15(22-23(14)2)18-8-12(26)7-17/h9,11-12,26H,3-8,17H2,1-2H3,(H,18,22)(H,19,20,21)/t12-/m1/s1. The van der Waals surface area contributed by atoms with E-state index >= 15 is 0 Å². The maximum absolute atomic E-state index is 11.5. The van der Waals surface area contributed by atoms with Crippen molar-refractivity contribution in [2.45, 2.75) is 31.9 Å². The number of hydrogen-bond acceptors (Lipinski definition) is 8. The Morgan fingerprint density at radius 2 is 2.12 bits per heavy atom. The number of nitrogens with two attached hydrogens (primary N) is 1. The smallest absolute Gasteiger partial charge is 0.219 e. The highest BCUT2D eigenvalue weighted by Gasteiger charge is 2.23. The second-order valence-electron chi connectivity index (χ2n) is 6.59. The molecule has 3 heterocycles. The van der Waals surface area contributed by atoms with E-state index in [1.54, 1.807) is 11.6 Å². The number of carbonyl (C=O) groups excluding carboxylic acids is 1. The number of aliphatic hydroxyl groups is 1. The number of anilines is 2. The number of nitrogens with zero attached hydrogens (tertiary/aromatic N) is 5. The van der Waals surface area contributed by atoms with E-state index in [0.29, 0.717) is 17.9 Å².